The van der Waals surface area contributed by atoms with E-state index in [0.717, 1.165) is 28.2 Å². The van der Waals surface area contributed by atoms with Gasteiger partial charge in [0.1, 0.15) is 5.54 Å². The van der Waals surface area contributed by atoms with Gasteiger partial charge in [-0.2, -0.15) is 0 Å². The summed E-state index contributed by atoms with van der Waals surface area (Å²) in [7, 11) is 0. The fourth-order valence-corrected chi connectivity index (χ4v) is 5.36. The number of aromatic nitrogens is 1. The minimum atomic E-state index is -0.536. The van der Waals surface area contributed by atoms with Crippen molar-refractivity contribution in [3.8, 4) is 0 Å². The highest BCUT2D eigenvalue weighted by Gasteiger charge is 2.57. The van der Waals surface area contributed by atoms with Crippen LogP contribution in [0.4, 0.5) is 17.1 Å². The molecule has 6 rings (SSSR count). The van der Waals surface area contributed by atoms with Crippen LogP contribution in [-0.4, -0.2) is 23.6 Å². The Morgan fingerprint density at radius 1 is 1.15 bits per heavy atom. The molecule has 2 aliphatic heterocycles. The standard InChI is InChI=1S/C27H26N6O/c1-17(18-6-8-19(28)9-7-18)31-26(34)21-10-11-24-27(22-4-2-3-5-23(22)32-25(21)27)30-16-33(24)20-12-14-29-15-13-20/h2-15,17,24,30,32H,16,28H2,1H3,(H,31,34)/t17?,24-,27?/m1/s1. The fraction of sp³-hybridized carbons (Fsp3) is 0.185. The number of benzene rings is 2. The Morgan fingerprint density at radius 2 is 1.91 bits per heavy atom. The molecule has 1 spiro atoms. The third kappa shape index (κ3) is 3.01. The molecule has 0 saturated carbocycles. The van der Waals surface area contributed by atoms with Crippen LogP contribution in [0.3, 0.4) is 0 Å². The van der Waals surface area contributed by atoms with E-state index >= 15 is 0 Å². The van der Waals surface area contributed by atoms with Crippen LogP contribution in [0.2, 0.25) is 0 Å². The molecule has 3 atom stereocenters. The van der Waals surface area contributed by atoms with Crippen molar-refractivity contribution in [2.24, 2.45) is 0 Å². The van der Waals surface area contributed by atoms with E-state index in [2.05, 4.69) is 44.0 Å². The smallest absolute Gasteiger partial charge is 0.253 e. The number of pyridine rings is 1. The Hall–Kier alpha value is -4.10. The molecule has 1 aliphatic carbocycles. The van der Waals surface area contributed by atoms with Gasteiger partial charge in [0.15, 0.2) is 0 Å². The lowest BCUT2D eigenvalue weighted by atomic mass is 9.77. The molecule has 1 fully saturated rings. The Kier molecular flexibility index (Phi) is 4.67. The number of hydrogen-bond acceptors (Lipinski definition) is 6. The molecule has 7 heteroatoms. The second kappa shape index (κ2) is 7.74. The molecule has 0 bridgehead atoms. The number of carbonyl (C=O) groups excluding carboxylic acids is 1. The van der Waals surface area contributed by atoms with Gasteiger partial charge in [-0.25, -0.2) is 0 Å². The number of nitrogen functional groups attached to an aromatic ring is 1. The van der Waals surface area contributed by atoms with E-state index in [1.54, 1.807) is 0 Å². The average Bonchev–Trinajstić information content (AvgIpc) is 3.42. The number of amides is 1. The number of para-hydroxylation sites is 1. The number of anilines is 3. The number of rotatable bonds is 4. The summed E-state index contributed by atoms with van der Waals surface area (Å²) in [5, 5.41) is 10.5. The summed E-state index contributed by atoms with van der Waals surface area (Å²) in [6, 6.07) is 19.7. The van der Waals surface area contributed by atoms with Gasteiger partial charge in [0, 0.05) is 35.0 Å². The number of hydrogen-bond donors (Lipinski definition) is 4. The molecule has 0 radical (unpaired) electrons. The first-order valence-electron chi connectivity index (χ1n) is 11.5. The van der Waals surface area contributed by atoms with Crippen LogP contribution in [0.15, 0.2) is 96.5 Å². The van der Waals surface area contributed by atoms with Gasteiger partial charge in [0.25, 0.3) is 5.91 Å². The third-order valence-electron chi connectivity index (χ3n) is 7.05. The lowest BCUT2D eigenvalue weighted by Gasteiger charge is -2.37. The van der Waals surface area contributed by atoms with Crippen molar-refractivity contribution >= 4 is 23.0 Å². The fourth-order valence-electron chi connectivity index (χ4n) is 5.36. The van der Waals surface area contributed by atoms with Crippen molar-refractivity contribution < 1.29 is 4.79 Å². The van der Waals surface area contributed by atoms with E-state index in [0.29, 0.717) is 17.9 Å². The highest BCUT2D eigenvalue weighted by atomic mass is 16.1. The van der Waals surface area contributed by atoms with Gasteiger partial charge < -0.3 is 21.3 Å². The minimum absolute atomic E-state index is 0.00659. The molecule has 1 amide bonds. The topological polar surface area (TPSA) is 95.3 Å². The second-order valence-corrected chi connectivity index (χ2v) is 8.94. The minimum Gasteiger partial charge on any atom is -0.399 e. The molecule has 2 unspecified atom stereocenters. The van der Waals surface area contributed by atoms with Crippen molar-refractivity contribution in [1.29, 1.82) is 0 Å². The van der Waals surface area contributed by atoms with E-state index < -0.39 is 5.54 Å². The van der Waals surface area contributed by atoms with Crippen LogP contribution in [0.25, 0.3) is 0 Å². The third-order valence-corrected chi connectivity index (χ3v) is 7.05. The summed E-state index contributed by atoms with van der Waals surface area (Å²) in [6.45, 7) is 2.63. The summed E-state index contributed by atoms with van der Waals surface area (Å²) in [4.78, 5) is 20.0. The summed E-state index contributed by atoms with van der Waals surface area (Å²) in [5.74, 6) is -0.113. The normalized spacial score (nSPS) is 23.1. The molecule has 5 N–H and O–H groups in total. The van der Waals surface area contributed by atoms with Crippen molar-refractivity contribution in [1.82, 2.24) is 15.6 Å². The molecule has 3 heterocycles. The van der Waals surface area contributed by atoms with Crippen molar-refractivity contribution in [3.63, 3.8) is 0 Å². The Labute approximate surface area is 198 Å². The zero-order valence-corrected chi connectivity index (χ0v) is 18.8. The first-order chi connectivity index (χ1) is 16.6. The first-order valence-corrected chi connectivity index (χ1v) is 11.5. The molecule has 170 valence electrons. The molecular weight excluding hydrogens is 424 g/mol. The molecule has 1 aromatic heterocycles. The Bertz CT molecular complexity index is 1320. The van der Waals surface area contributed by atoms with Gasteiger partial charge in [-0.15, -0.1) is 0 Å². The summed E-state index contributed by atoms with van der Waals surface area (Å²) < 4.78 is 0. The largest absolute Gasteiger partial charge is 0.399 e. The maximum atomic E-state index is 13.5. The molecular formula is C27H26N6O. The Morgan fingerprint density at radius 3 is 2.71 bits per heavy atom. The number of nitrogens with one attached hydrogen (secondary N) is 3. The van der Waals surface area contributed by atoms with Crippen molar-refractivity contribution in [2.75, 3.05) is 22.6 Å². The van der Waals surface area contributed by atoms with Gasteiger partial charge in [0.2, 0.25) is 0 Å². The van der Waals surface area contributed by atoms with E-state index in [1.165, 1.54) is 0 Å². The highest BCUT2D eigenvalue weighted by Crippen LogP contribution is 2.51. The van der Waals surface area contributed by atoms with Gasteiger partial charge in [-0.05, 0) is 48.9 Å². The Balaban J connectivity index is 1.39. The van der Waals surface area contributed by atoms with Crippen LogP contribution < -0.4 is 26.6 Å². The molecule has 2 aromatic carbocycles. The lowest BCUT2D eigenvalue weighted by molar-refractivity contribution is -0.117. The van der Waals surface area contributed by atoms with E-state index in [1.807, 2.05) is 73.9 Å². The molecule has 1 saturated heterocycles. The predicted molar refractivity (Wildman–Crippen MR) is 134 cm³/mol. The predicted octanol–water partition coefficient (Wildman–Crippen LogP) is 3.42. The van der Waals surface area contributed by atoms with Crippen LogP contribution in [0.5, 0.6) is 0 Å². The zero-order valence-electron chi connectivity index (χ0n) is 18.8. The van der Waals surface area contributed by atoms with Crippen LogP contribution in [0, 0.1) is 0 Å². The first kappa shape index (κ1) is 20.5. The molecule has 3 aromatic rings. The van der Waals surface area contributed by atoms with Gasteiger partial charge in [-0.3, -0.25) is 15.1 Å². The number of fused-ring (bicyclic) bond motifs is 1. The SMILES string of the molecule is CC(NC(=O)C1=C2Nc3ccccc3C23NCN(c2ccncc2)[C@@H]3C=C1)c1ccc(N)cc1. The highest BCUT2D eigenvalue weighted by molar-refractivity contribution is 6.00. The van der Waals surface area contributed by atoms with Crippen molar-refractivity contribution in [2.45, 2.75) is 24.5 Å². The van der Waals surface area contributed by atoms with Crippen LogP contribution >= 0.6 is 0 Å². The quantitative estimate of drug-likeness (QED) is 0.455. The van der Waals surface area contributed by atoms with E-state index in [4.69, 9.17) is 5.73 Å². The van der Waals surface area contributed by atoms with Gasteiger partial charge in [-0.1, -0.05) is 36.4 Å². The van der Waals surface area contributed by atoms with E-state index in [-0.39, 0.29) is 18.0 Å². The maximum absolute atomic E-state index is 13.5. The lowest BCUT2D eigenvalue weighted by Crippen LogP contribution is -2.49. The van der Waals surface area contributed by atoms with E-state index in [9.17, 15) is 4.79 Å². The summed E-state index contributed by atoms with van der Waals surface area (Å²) in [5.41, 5.74) is 11.8. The maximum Gasteiger partial charge on any atom is 0.253 e. The summed E-state index contributed by atoms with van der Waals surface area (Å²) in [6.07, 6.45) is 7.70. The van der Waals surface area contributed by atoms with Crippen molar-refractivity contribution in [3.05, 3.63) is 108 Å². The number of nitrogens with two attached hydrogens (primary N) is 1. The number of carbonyl (C=O) groups is 1. The summed E-state index contributed by atoms with van der Waals surface area (Å²) >= 11 is 0. The number of nitrogens with zero attached hydrogens (tertiary/aromatic N) is 2. The van der Waals surface area contributed by atoms with Crippen LogP contribution in [0.1, 0.15) is 24.1 Å². The van der Waals surface area contributed by atoms with Gasteiger partial charge in [0.05, 0.1) is 30.0 Å². The monoisotopic (exact) mass is 450 g/mol. The average molecular weight is 451 g/mol. The van der Waals surface area contributed by atoms with Gasteiger partial charge >= 0.3 is 0 Å². The molecule has 34 heavy (non-hydrogen) atoms. The zero-order chi connectivity index (χ0) is 23.3. The molecule has 7 nitrogen and oxygen atoms in total. The molecule has 3 aliphatic rings. The second-order valence-electron chi connectivity index (χ2n) is 8.94. The van der Waals surface area contributed by atoms with Crippen LogP contribution in [-0.2, 0) is 10.3 Å².